The van der Waals surface area contributed by atoms with Crippen LogP contribution in [0.5, 0.6) is 0 Å². The van der Waals surface area contributed by atoms with Crippen molar-refractivity contribution in [1.29, 1.82) is 0 Å². The van der Waals surface area contributed by atoms with E-state index < -0.39 is 0 Å². The Hall–Kier alpha value is -0.0800. The molecule has 0 amide bonds. The predicted molar refractivity (Wildman–Crippen MR) is 67.2 cm³/mol. The number of rotatable bonds is 8. The molecule has 2 heteroatoms. The second-order valence-corrected chi connectivity index (χ2v) is 5.12. The van der Waals surface area contributed by atoms with Crippen molar-refractivity contribution in [1.82, 2.24) is 10.2 Å². The van der Waals surface area contributed by atoms with E-state index in [1.54, 1.807) is 0 Å². The predicted octanol–water partition coefficient (Wildman–Crippen LogP) is 2.49. The monoisotopic (exact) mass is 212 g/mol. The quantitative estimate of drug-likeness (QED) is 0.665. The lowest BCUT2D eigenvalue weighted by molar-refractivity contribution is 0.237. The van der Waals surface area contributed by atoms with Gasteiger partial charge in [-0.2, -0.15) is 0 Å². The van der Waals surface area contributed by atoms with Crippen molar-refractivity contribution in [3.8, 4) is 0 Å². The molecule has 0 saturated heterocycles. The summed E-state index contributed by atoms with van der Waals surface area (Å²) in [5, 5.41) is 3.69. The van der Waals surface area contributed by atoms with Crippen LogP contribution in [0.1, 0.15) is 46.5 Å². The van der Waals surface area contributed by atoms with Crippen LogP contribution in [-0.4, -0.2) is 37.1 Å². The van der Waals surface area contributed by atoms with E-state index in [1.807, 2.05) is 0 Å². The third-order valence-electron chi connectivity index (χ3n) is 3.64. The van der Waals surface area contributed by atoms with E-state index in [4.69, 9.17) is 0 Å². The Morgan fingerprint density at radius 3 is 2.47 bits per heavy atom. The van der Waals surface area contributed by atoms with E-state index in [0.29, 0.717) is 6.04 Å². The first-order valence-electron chi connectivity index (χ1n) is 6.62. The fraction of sp³-hybridized carbons (Fsp3) is 1.00. The number of hydrogen-bond acceptors (Lipinski definition) is 2. The van der Waals surface area contributed by atoms with Crippen LogP contribution in [-0.2, 0) is 0 Å². The first kappa shape index (κ1) is 13.0. The molecule has 1 N–H and O–H groups in total. The zero-order chi connectivity index (χ0) is 11.3. The van der Waals surface area contributed by atoms with Crippen LogP contribution in [0.3, 0.4) is 0 Å². The van der Waals surface area contributed by atoms with Gasteiger partial charge >= 0.3 is 0 Å². The molecular formula is C13H28N2. The summed E-state index contributed by atoms with van der Waals surface area (Å²) in [5.74, 6) is 0.790. The molecule has 0 aliphatic heterocycles. The third-order valence-corrected chi connectivity index (χ3v) is 3.64. The lowest BCUT2D eigenvalue weighted by atomic mass is 9.98. The highest BCUT2D eigenvalue weighted by molar-refractivity contribution is 4.86. The minimum atomic E-state index is 0.681. The first-order valence-corrected chi connectivity index (χ1v) is 6.62. The van der Waals surface area contributed by atoms with E-state index in [1.165, 1.54) is 32.2 Å². The lowest BCUT2D eigenvalue weighted by Gasteiger charge is -2.29. The average Bonchev–Trinajstić information content (AvgIpc) is 3.06. The maximum Gasteiger partial charge on any atom is 0.0220 e. The van der Waals surface area contributed by atoms with E-state index in [2.05, 4.69) is 38.0 Å². The molecule has 0 heterocycles. The van der Waals surface area contributed by atoms with Crippen molar-refractivity contribution in [2.75, 3.05) is 20.1 Å². The van der Waals surface area contributed by atoms with Gasteiger partial charge in [0.1, 0.15) is 0 Å². The molecule has 2 unspecified atom stereocenters. The van der Waals surface area contributed by atoms with Gasteiger partial charge in [-0.05, 0) is 38.8 Å². The highest BCUT2D eigenvalue weighted by Gasteiger charge is 2.28. The largest absolute Gasteiger partial charge is 0.312 e. The summed E-state index contributed by atoms with van der Waals surface area (Å²) in [5.41, 5.74) is 0. The molecule has 1 aliphatic carbocycles. The summed E-state index contributed by atoms with van der Waals surface area (Å²) >= 11 is 0. The second-order valence-electron chi connectivity index (χ2n) is 5.12. The molecule has 0 radical (unpaired) electrons. The van der Waals surface area contributed by atoms with Crippen molar-refractivity contribution in [2.24, 2.45) is 5.92 Å². The molecule has 1 saturated carbocycles. The van der Waals surface area contributed by atoms with Gasteiger partial charge in [-0.3, -0.25) is 0 Å². The highest BCUT2D eigenvalue weighted by Crippen LogP contribution is 2.26. The molecule has 2 atom stereocenters. The van der Waals surface area contributed by atoms with Gasteiger partial charge in [0.15, 0.2) is 0 Å². The summed E-state index contributed by atoms with van der Waals surface area (Å²) in [6.45, 7) is 9.29. The van der Waals surface area contributed by atoms with E-state index in [-0.39, 0.29) is 0 Å². The SMILES string of the molecule is CCCNC(CN(C)C1CC1)C(C)CC. The molecular weight excluding hydrogens is 184 g/mol. The molecule has 15 heavy (non-hydrogen) atoms. The van der Waals surface area contributed by atoms with Gasteiger partial charge in [0.05, 0.1) is 0 Å². The maximum atomic E-state index is 3.69. The summed E-state index contributed by atoms with van der Waals surface area (Å²) < 4.78 is 0. The fourth-order valence-electron chi connectivity index (χ4n) is 2.03. The standard InChI is InChI=1S/C13H28N2/c1-5-9-14-13(11(3)6-2)10-15(4)12-7-8-12/h11-14H,5-10H2,1-4H3. The van der Waals surface area contributed by atoms with Crippen LogP contribution in [0.15, 0.2) is 0 Å². The Morgan fingerprint density at radius 2 is 2.00 bits per heavy atom. The molecule has 0 aromatic carbocycles. The smallest absolute Gasteiger partial charge is 0.0220 e. The van der Waals surface area contributed by atoms with Gasteiger partial charge in [0, 0.05) is 18.6 Å². The van der Waals surface area contributed by atoms with Gasteiger partial charge < -0.3 is 10.2 Å². The lowest BCUT2D eigenvalue weighted by Crippen LogP contribution is -2.44. The van der Waals surface area contributed by atoms with Crippen LogP contribution in [0, 0.1) is 5.92 Å². The number of hydrogen-bond donors (Lipinski definition) is 1. The van der Waals surface area contributed by atoms with Crippen LogP contribution in [0.25, 0.3) is 0 Å². The molecule has 1 fully saturated rings. The van der Waals surface area contributed by atoms with E-state index >= 15 is 0 Å². The Bertz CT molecular complexity index is 166. The Kier molecular flexibility index (Phi) is 5.62. The Labute approximate surface area is 95.4 Å². The number of nitrogens with zero attached hydrogens (tertiary/aromatic N) is 1. The zero-order valence-electron chi connectivity index (χ0n) is 10.9. The topological polar surface area (TPSA) is 15.3 Å². The molecule has 0 spiro atoms. The first-order chi connectivity index (χ1) is 7.19. The van der Waals surface area contributed by atoms with E-state index in [9.17, 15) is 0 Å². The average molecular weight is 212 g/mol. The second kappa shape index (κ2) is 6.49. The fourth-order valence-corrected chi connectivity index (χ4v) is 2.03. The maximum absolute atomic E-state index is 3.69. The number of likely N-dealkylation sites (N-methyl/N-ethyl adjacent to an activating group) is 1. The van der Waals surface area contributed by atoms with Crippen molar-refractivity contribution in [3.63, 3.8) is 0 Å². The minimum absolute atomic E-state index is 0.681. The third kappa shape index (κ3) is 4.52. The Morgan fingerprint density at radius 1 is 1.33 bits per heavy atom. The number of nitrogens with one attached hydrogen (secondary N) is 1. The summed E-state index contributed by atoms with van der Waals surface area (Å²) in [4.78, 5) is 2.54. The van der Waals surface area contributed by atoms with Gasteiger partial charge in [0.25, 0.3) is 0 Å². The van der Waals surface area contributed by atoms with Crippen molar-refractivity contribution < 1.29 is 0 Å². The van der Waals surface area contributed by atoms with Crippen LogP contribution in [0.4, 0.5) is 0 Å². The molecule has 1 aliphatic rings. The summed E-state index contributed by atoms with van der Waals surface area (Å²) in [6.07, 6.45) is 5.34. The molecule has 90 valence electrons. The molecule has 0 aromatic heterocycles. The van der Waals surface area contributed by atoms with Crippen molar-refractivity contribution in [2.45, 2.75) is 58.5 Å². The minimum Gasteiger partial charge on any atom is -0.312 e. The highest BCUT2D eigenvalue weighted by atomic mass is 15.2. The van der Waals surface area contributed by atoms with Gasteiger partial charge in [-0.15, -0.1) is 0 Å². The van der Waals surface area contributed by atoms with Gasteiger partial charge in [-0.25, -0.2) is 0 Å². The molecule has 0 bridgehead atoms. The molecule has 0 aromatic rings. The summed E-state index contributed by atoms with van der Waals surface area (Å²) in [6, 6.07) is 1.57. The van der Waals surface area contributed by atoms with Gasteiger partial charge in [0.2, 0.25) is 0 Å². The van der Waals surface area contributed by atoms with Crippen molar-refractivity contribution >= 4 is 0 Å². The van der Waals surface area contributed by atoms with Crippen LogP contribution >= 0.6 is 0 Å². The Balaban J connectivity index is 2.32. The van der Waals surface area contributed by atoms with Crippen LogP contribution < -0.4 is 5.32 Å². The molecule has 2 nitrogen and oxygen atoms in total. The van der Waals surface area contributed by atoms with E-state index in [0.717, 1.165) is 18.5 Å². The normalized spacial score (nSPS) is 20.6. The van der Waals surface area contributed by atoms with Gasteiger partial charge in [-0.1, -0.05) is 27.2 Å². The summed E-state index contributed by atoms with van der Waals surface area (Å²) in [7, 11) is 2.28. The zero-order valence-corrected chi connectivity index (χ0v) is 10.9. The molecule has 1 rings (SSSR count). The van der Waals surface area contributed by atoms with Crippen LogP contribution in [0.2, 0.25) is 0 Å². The van der Waals surface area contributed by atoms with Crippen molar-refractivity contribution in [3.05, 3.63) is 0 Å².